The largest absolute Gasteiger partial charge is 0.342 e. The number of fused-ring (bicyclic) bond motifs is 2. The van der Waals surface area contributed by atoms with E-state index in [-0.39, 0.29) is 29.2 Å². The molecule has 1 saturated heterocycles. The van der Waals surface area contributed by atoms with Crippen LogP contribution in [0.3, 0.4) is 0 Å². The summed E-state index contributed by atoms with van der Waals surface area (Å²) in [4.78, 5) is 13.2. The van der Waals surface area contributed by atoms with Gasteiger partial charge in [-0.15, -0.1) is 5.11 Å². The maximum atomic E-state index is 13.2. The summed E-state index contributed by atoms with van der Waals surface area (Å²) in [5.74, 6) is 0.214. The van der Waals surface area contributed by atoms with Gasteiger partial charge in [-0.2, -0.15) is 9.42 Å². The number of azo groups is 1. The van der Waals surface area contributed by atoms with E-state index in [4.69, 9.17) is 0 Å². The van der Waals surface area contributed by atoms with Crippen LogP contribution >= 0.6 is 0 Å². The number of nitrogens with one attached hydrogen (secondary N) is 1. The zero-order chi connectivity index (χ0) is 20.6. The molecule has 152 valence electrons. The zero-order valence-corrected chi connectivity index (χ0v) is 17.0. The first-order valence-corrected chi connectivity index (χ1v) is 11.0. The number of halogens is 1. The smallest absolute Gasteiger partial charge is 0.243 e. The molecule has 1 aromatic carbocycles. The molecule has 0 saturated carbocycles. The number of carbonyl (C=O) groups is 1. The van der Waals surface area contributed by atoms with Crippen molar-refractivity contribution in [2.75, 3.05) is 19.6 Å². The van der Waals surface area contributed by atoms with E-state index in [1.165, 1.54) is 16.4 Å². The molecule has 0 bridgehead atoms. The van der Waals surface area contributed by atoms with Crippen molar-refractivity contribution in [3.63, 3.8) is 0 Å². The number of benzene rings is 1. The Balaban J connectivity index is 1.53. The van der Waals surface area contributed by atoms with Gasteiger partial charge in [-0.25, -0.2) is 12.8 Å². The summed E-state index contributed by atoms with van der Waals surface area (Å²) in [7, 11) is -3.77. The van der Waals surface area contributed by atoms with Crippen molar-refractivity contribution in [2.24, 2.45) is 21.1 Å². The van der Waals surface area contributed by atoms with E-state index in [2.05, 4.69) is 29.4 Å². The van der Waals surface area contributed by atoms with Crippen LogP contribution in [0.1, 0.15) is 26.7 Å². The van der Waals surface area contributed by atoms with E-state index in [1.54, 1.807) is 0 Å². The molecule has 3 heterocycles. The highest BCUT2D eigenvalue weighted by molar-refractivity contribution is 7.89. The van der Waals surface area contributed by atoms with Crippen LogP contribution in [-0.4, -0.2) is 38.1 Å². The monoisotopic (exact) mass is 416 g/mol. The first kappa shape index (κ1) is 18.6. The molecule has 0 aromatic heterocycles. The molecule has 0 unspecified atom stereocenters. The maximum Gasteiger partial charge on any atom is 0.243 e. The summed E-state index contributed by atoms with van der Waals surface area (Å²) in [5.41, 5.74) is 1.56. The summed E-state index contributed by atoms with van der Waals surface area (Å²) in [6.07, 6.45) is 1.13. The first-order valence-electron chi connectivity index (χ1n) is 9.53. The molecule has 5 rings (SSSR count). The van der Waals surface area contributed by atoms with Crippen molar-refractivity contribution in [3.05, 3.63) is 52.7 Å². The summed E-state index contributed by atoms with van der Waals surface area (Å²) in [6.45, 7) is 4.80. The Kier molecular flexibility index (Phi) is 3.74. The predicted octanol–water partition coefficient (Wildman–Crippen LogP) is 2.74. The summed E-state index contributed by atoms with van der Waals surface area (Å²) in [5, 5.41) is 11.6. The van der Waals surface area contributed by atoms with Crippen LogP contribution in [-0.2, 0) is 14.8 Å². The lowest BCUT2D eigenvalue weighted by molar-refractivity contribution is -0.120. The molecule has 7 nitrogen and oxygen atoms in total. The van der Waals surface area contributed by atoms with E-state index in [0.29, 0.717) is 30.8 Å². The summed E-state index contributed by atoms with van der Waals surface area (Å²) in [6, 6.07) is 4.80. The average Bonchev–Trinajstić information content (AvgIpc) is 3.05. The van der Waals surface area contributed by atoms with Crippen molar-refractivity contribution < 1.29 is 17.6 Å². The number of carbonyl (C=O) groups excluding carboxylic acids is 1. The average molecular weight is 416 g/mol. The Labute approximate surface area is 168 Å². The number of allylic oxidation sites excluding steroid dienone is 1. The summed E-state index contributed by atoms with van der Waals surface area (Å²) >= 11 is 0. The van der Waals surface area contributed by atoms with Gasteiger partial charge in [0.15, 0.2) is 11.6 Å². The van der Waals surface area contributed by atoms with Gasteiger partial charge in [-0.05, 0) is 36.1 Å². The number of Topliss-reactive ketones (excluding diaryl/α,β-unsaturated/α-hetero) is 1. The number of hydrogen-bond donors (Lipinski definition) is 1. The quantitative estimate of drug-likeness (QED) is 0.803. The third-order valence-corrected chi connectivity index (χ3v) is 8.04. The second-order valence-corrected chi connectivity index (χ2v) is 10.9. The van der Waals surface area contributed by atoms with Gasteiger partial charge < -0.3 is 5.32 Å². The number of hydrogen-bond acceptors (Lipinski definition) is 6. The lowest BCUT2D eigenvalue weighted by atomic mass is 9.60. The lowest BCUT2D eigenvalue weighted by Crippen LogP contribution is -2.63. The summed E-state index contributed by atoms with van der Waals surface area (Å²) < 4.78 is 40.6. The fourth-order valence-corrected chi connectivity index (χ4v) is 6.46. The van der Waals surface area contributed by atoms with Crippen molar-refractivity contribution in [1.82, 2.24) is 9.62 Å². The normalized spacial score (nSPS) is 25.0. The van der Waals surface area contributed by atoms with Crippen LogP contribution in [0.4, 0.5) is 4.39 Å². The number of nitrogens with zero attached hydrogens (tertiary/aromatic N) is 3. The van der Waals surface area contributed by atoms with Gasteiger partial charge >= 0.3 is 0 Å². The molecular weight excluding hydrogens is 395 g/mol. The minimum absolute atomic E-state index is 0.0444. The van der Waals surface area contributed by atoms with Gasteiger partial charge in [-0.1, -0.05) is 13.8 Å². The number of sulfonamides is 1. The molecule has 0 amide bonds. The lowest BCUT2D eigenvalue weighted by Gasteiger charge is -2.54. The van der Waals surface area contributed by atoms with Gasteiger partial charge in [0, 0.05) is 36.4 Å². The Morgan fingerprint density at radius 1 is 1.14 bits per heavy atom. The van der Waals surface area contributed by atoms with Gasteiger partial charge in [0.1, 0.15) is 5.82 Å². The van der Waals surface area contributed by atoms with Gasteiger partial charge in [0.2, 0.25) is 10.0 Å². The fourth-order valence-electron chi connectivity index (χ4n) is 4.90. The highest BCUT2D eigenvalue weighted by atomic mass is 32.2. The maximum absolute atomic E-state index is 13.2. The van der Waals surface area contributed by atoms with Crippen molar-refractivity contribution >= 4 is 15.8 Å². The number of ketones is 1. The van der Waals surface area contributed by atoms with E-state index in [1.807, 2.05) is 0 Å². The molecule has 9 heteroatoms. The molecule has 29 heavy (non-hydrogen) atoms. The van der Waals surface area contributed by atoms with Crippen molar-refractivity contribution in [1.29, 1.82) is 0 Å². The number of dihydropyridines is 1. The molecule has 0 atom stereocenters. The van der Waals surface area contributed by atoms with Crippen LogP contribution in [0.2, 0.25) is 0 Å². The molecule has 1 N–H and O–H groups in total. The Morgan fingerprint density at radius 2 is 1.83 bits per heavy atom. The minimum atomic E-state index is -3.77. The molecule has 1 aromatic rings. The van der Waals surface area contributed by atoms with Crippen LogP contribution in [0.15, 0.2) is 62.1 Å². The van der Waals surface area contributed by atoms with Gasteiger partial charge in [0.05, 0.1) is 16.9 Å². The van der Waals surface area contributed by atoms with E-state index < -0.39 is 21.3 Å². The van der Waals surface area contributed by atoms with Crippen LogP contribution < -0.4 is 5.32 Å². The molecular formula is C20H21FN4O3S. The number of rotatable bonds is 2. The molecule has 4 aliphatic rings. The first-order chi connectivity index (χ1) is 13.6. The van der Waals surface area contributed by atoms with Crippen molar-refractivity contribution in [3.8, 4) is 0 Å². The van der Waals surface area contributed by atoms with E-state index in [0.717, 1.165) is 23.4 Å². The van der Waals surface area contributed by atoms with E-state index >= 15 is 0 Å². The molecule has 1 spiro atoms. The highest BCUT2D eigenvalue weighted by Crippen LogP contribution is 2.55. The van der Waals surface area contributed by atoms with Crippen LogP contribution in [0, 0.1) is 16.6 Å². The third-order valence-electron chi connectivity index (χ3n) is 6.23. The molecule has 1 aliphatic carbocycles. The predicted molar refractivity (Wildman–Crippen MR) is 103 cm³/mol. The SMILES string of the molecule is CC1(C)CC(=O)C2=C(C1)NC1=C(CN=N1)C21CN(S(=O)(=O)c2ccc(F)cc2)C1. The second-order valence-electron chi connectivity index (χ2n) is 8.96. The van der Waals surface area contributed by atoms with Crippen LogP contribution in [0.25, 0.3) is 0 Å². The highest BCUT2D eigenvalue weighted by Gasteiger charge is 2.59. The minimum Gasteiger partial charge on any atom is -0.342 e. The zero-order valence-electron chi connectivity index (χ0n) is 16.2. The topological polar surface area (TPSA) is 91.2 Å². The van der Waals surface area contributed by atoms with Crippen molar-refractivity contribution in [2.45, 2.75) is 31.6 Å². The molecule has 3 aliphatic heterocycles. The van der Waals surface area contributed by atoms with Crippen LogP contribution in [0.5, 0.6) is 0 Å². The van der Waals surface area contributed by atoms with Gasteiger partial charge in [-0.3, -0.25) is 4.79 Å². The Bertz CT molecular complexity index is 1130. The van der Waals surface area contributed by atoms with E-state index in [9.17, 15) is 17.6 Å². The van der Waals surface area contributed by atoms with Gasteiger partial charge in [0.25, 0.3) is 0 Å². The standard InChI is InChI=1S/C20H21FN4O3S/c1-19(2)7-15-17(16(26)8-19)20(14-9-22-24-18(14)23-15)10-25(11-20)29(27,28)13-5-3-12(21)4-6-13/h3-6,23H,7-11H2,1-2H3. The fraction of sp³-hybridized carbons (Fsp3) is 0.450. The third kappa shape index (κ3) is 2.63. The molecule has 1 fully saturated rings. The Hall–Kier alpha value is -2.39. The molecule has 0 radical (unpaired) electrons. The second kappa shape index (κ2) is 5.82. The Morgan fingerprint density at radius 3 is 2.52 bits per heavy atom.